The fourth-order valence-electron chi connectivity index (χ4n) is 2.13. The molecule has 0 spiro atoms. The molecule has 0 amide bonds. The molecule has 110 valence electrons. The van der Waals surface area contributed by atoms with Crippen molar-refractivity contribution in [2.45, 2.75) is 0 Å². The minimum Gasteiger partial charge on any atom is -0.320 e. The van der Waals surface area contributed by atoms with Crippen LogP contribution in [0.3, 0.4) is 0 Å². The van der Waals surface area contributed by atoms with Gasteiger partial charge in [-0.3, -0.25) is 10.1 Å². The Kier molecular flexibility index (Phi) is 3.84. The van der Waals surface area contributed by atoms with Crippen LogP contribution in [0.4, 0.5) is 11.4 Å². The number of rotatable bonds is 3. The predicted molar refractivity (Wildman–Crippen MR) is 87.0 cm³/mol. The van der Waals surface area contributed by atoms with Crippen LogP contribution >= 0.6 is 11.3 Å². The van der Waals surface area contributed by atoms with Crippen molar-refractivity contribution in [1.29, 1.82) is 0 Å². The Labute approximate surface area is 131 Å². The number of nitrogens with zero attached hydrogens (tertiary/aromatic N) is 3. The van der Waals surface area contributed by atoms with Crippen LogP contribution in [-0.4, -0.2) is 9.49 Å². The molecule has 1 aromatic heterocycles. The Bertz CT molecular complexity index is 882. The number of hydrogen-bond donors (Lipinski definition) is 0. The van der Waals surface area contributed by atoms with Gasteiger partial charge in [0.15, 0.2) is 4.80 Å². The van der Waals surface area contributed by atoms with Gasteiger partial charge in [0, 0.05) is 24.6 Å². The van der Waals surface area contributed by atoms with Gasteiger partial charge in [0.25, 0.3) is 5.69 Å². The number of non-ortho nitro benzene ring substituents is 1. The fourth-order valence-corrected chi connectivity index (χ4v) is 3.05. The topological polar surface area (TPSA) is 60.4 Å². The number of hydrogen-bond acceptors (Lipinski definition) is 4. The Morgan fingerprint density at radius 3 is 2.64 bits per heavy atom. The summed E-state index contributed by atoms with van der Waals surface area (Å²) in [5.41, 5.74) is 2.80. The van der Waals surface area contributed by atoms with Gasteiger partial charge in [-0.2, -0.15) is 0 Å². The Morgan fingerprint density at radius 1 is 1.14 bits per heavy atom. The first-order valence-corrected chi connectivity index (χ1v) is 7.52. The van der Waals surface area contributed by atoms with Crippen molar-refractivity contribution in [3.05, 3.63) is 74.9 Å². The third-order valence-corrected chi connectivity index (χ3v) is 4.18. The highest BCUT2D eigenvalue weighted by Crippen LogP contribution is 2.21. The molecule has 0 radical (unpaired) electrons. The molecule has 0 saturated heterocycles. The van der Waals surface area contributed by atoms with Crippen molar-refractivity contribution in [3.8, 4) is 11.3 Å². The summed E-state index contributed by atoms with van der Waals surface area (Å²) in [7, 11) is 1.94. The van der Waals surface area contributed by atoms with Crippen LogP contribution in [0.25, 0.3) is 11.3 Å². The zero-order chi connectivity index (χ0) is 15.5. The van der Waals surface area contributed by atoms with Gasteiger partial charge < -0.3 is 4.57 Å². The fraction of sp³-hybridized carbons (Fsp3) is 0.0625. The van der Waals surface area contributed by atoms with E-state index in [-0.39, 0.29) is 5.69 Å². The largest absolute Gasteiger partial charge is 0.320 e. The second kappa shape index (κ2) is 5.95. The molecule has 0 bridgehead atoms. The van der Waals surface area contributed by atoms with Crippen LogP contribution in [0.1, 0.15) is 0 Å². The maximum atomic E-state index is 10.8. The third kappa shape index (κ3) is 2.82. The maximum Gasteiger partial charge on any atom is 0.271 e. The van der Waals surface area contributed by atoms with E-state index in [1.165, 1.54) is 23.5 Å². The maximum absolute atomic E-state index is 10.8. The lowest BCUT2D eigenvalue weighted by atomic mass is 10.2. The van der Waals surface area contributed by atoms with Crippen LogP contribution < -0.4 is 4.80 Å². The quantitative estimate of drug-likeness (QED) is 0.544. The lowest BCUT2D eigenvalue weighted by Crippen LogP contribution is -2.10. The van der Waals surface area contributed by atoms with Crippen LogP contribution in [0.2, 0.25) is 0 Å². The molecule has 1 heterocycles. The van der Waals surface area contributed by atoms with E-state index in [4.69, 9.17) is 0 Å². The van der Waals surface area contributed by atoms with Gasteiger partial charge >= 0.3 is 0 Å². The molecular formula is C16H13N3O2S. The van der Waals surface area contributed by atoms with Gasteiger partial charge in [0.05, 0.1) is 16.3 Å². The number of aromatic nitrogens is 1. The summed E-state index contributed by atoms with van der Waals surface area (Å²) in [5, 5.41) is 12.9. The predicted octanol–water partition coefficient (Wildman–Crippen LogP) is 3.89. The minimum atomic E-state index is -0.414. The molecule has 0 aliphatic carbocycles. The van der Waals surface area contributed by atoms with Crippen molar-refractivity contribution in [1.82, 2.24) is 4.57 Å². The van der Waals surface area contributed by atoms with E-state index in [0.29, 0.717) is 5.69 Å². The lowest BCUT2D eigenvalue weighted by molar-refractivity contribution is -0.384. The molecule has 3 rings (SSSR count). The summed E-state index contributed by atoms with van der Waals surface area (Å²) in [4.78, 5) is 15.7. The van der Waals surface area contributed by atoms with E-state index in [9.17, 15) is 10.1 Å². The van der Waals surface area contributed by atoms with E-state index in [0.717, 1.165) is 16.1 Å². The smallest absolute Gasteiger partial charge is 0.271 e. The van der Waals surface area contributed by atoms with Crippen LogP contribution in [0.5, 0.6) is 0 Å². The highest BCUT2D eigenvalue weighted by molar-refractivity contribution is 7.07. The molecular weight excluding hydrogens is 298 g/mol. The summed E-state index contributed by atoms with van der Waals surface area (Å²) in [6.45, 7) is 0. The Balaban J connectivity index is 2.05. The average molecular weight is 311 g/mol. The summed E-state index contributed by atoms with van der Waals surface area (Å²) in [5.74, 6) is 0. The first-order chi connectivity index (χ1) is 10.6. The Morgan fingerprint density at radius 2 is 1.91 bits per heavy atom. The summed E-state index contributed by atoms with van der Waals surface area (Å²) < 4.78 is 1.98. The van der Waals surface area contributed by atoms with Gasteiger partial charge in [-0.25, -0.2) is 4.99 Å². The van der Waals surface area contributed by atoms with E-state index >= 15 is 0 Å². The van der Waals surface area contributed by atoms with Crippen molar-refractivity contribution in [3.63, 3.8) is 0 Å². The molecule has 0 aliphatic rings. The number of nitro groups is 1. The van der Waals surface area contributed by atoms with Gasteiger partial charge in [0.1, 0.15) is 0 Å². The standard InChI is InChI=1S/C16H13N3O2S/c1-18-15(12-6-3-2-4-7-12)11-22-16(18)17-13-8-5-9-14(10-13)19(20)21/h2-11H,1H3. The average Bonchev–Trinajstić information content (AvgIpc) is 2.89. The summed E-state index contributed by atoms with van der Waals surface area (Å²) in [6.07, 6.45) is 0. The highest BCUT2D eigenvalue weighted by atomic mass is 32.1. The van der Waals surface area contributed by atoms with E-state index in [1.54, 1.807) is 12.1 Å². The second-order valence-corrected chi connectivity index (χ2v) is 5.55. The molecule has 0 atom stereocenters. The zero-order valence-corrected chi connectivity index (χ0v) is 12.7. The van der Waals surface area contributed by atoms with Gasteiger partial charge in [-0.05, 0) is 11.6 Å². The highest BCUT2D eigenvalue weighted by Gasteiger charge is 2.07. The lowest BCUT2D eigenvalue weighted by Gasteiger charge is -2.02. The molecule has 5 nitrogen and oxygen atoms in total. The molecule has 22 heavy (non-hydrogen) atoms. The number of nitro benzene ring substituents is 1. The molecule has 6 heteroatoms. The monoisotopic (exact) mass is 311 g/mol. The molecule has 0 saturated carbocycles. The number of benzene rings is 2. The molecule has 0 fully saturated rings. The minimum absolute atomic E-state index is 0.0451. The van der Waals surface area contributed by atoms with Crippen molar-refractivity contribution in [2.75, 3.05) is 0 Å². The van der Waals surface area contributed by atoms with Crippen LogP contribution in [0.15, 0.2) is 65.0 Å². The van der Waals surface area contributed by atoms with Gasteiger partial charge in [0.2, 0.25) is 0 Å². The first kappa shape index (κ1) is 14.2. The van der Waals surface area contributed by atoms with Crippen molar-refractivity contribution < 1.29 is 4.92 Å². The molecule has 0 aliphatic heterocycles. The van der Waals surface area contributed by atoms with E-state index < -0.39 is 4.92 Å². The van der Waals surface area contributed by atoms with Gasteiger partial charge in [-0.15, -0.1) is 11.3 Å². The van der Waals surface area contributed by atoms with Crippen molar-refractivity contribution >= 4 is 22.7 Å². The van der Waals surface area contributed by atoms with Crippen LogP contribution in [0, 0.1) is 10.1 Å². The van der Waals surface area contributed by atoms with Crippen molar-refractivity contribution in [2.24, 2.45) is 12.0 Å². The second-order valence-electron chi connectivity index (χ2n) is 4.72. The summed E-state index contributed by atoms with van der Waals surface area (Å²) >= 11 is 1.51. The SMILES string of the molecule is Cn1c(-c2ccccc2)csc1=Nc1cccc([N+](=O)[O-])c1. The molecule has 0 unspecified atom stereocenters. The molecule has 3 aromatic rings. The normalized spacial score (nSPS) is 11.6. The van der Waals surface area contributed by atoms with Crippen LogP contribution in [-0.2, 0) is 7.05 Å². The molecule has 0 N–H and O–H groups in total. The summed E-state index contributed by atoms with van der Waals surface area (Å²) in [6, 6.07) is 16.4. The molecule has 2 aromatic carbocycles. The first-order valence-electron chi connectivity index (χ1n) is 6.64. The zero-order valence-electron chi connectivity index (χ0n) is 11.8. The third-order valence-electron chi connectivity index (χ3n) is 3.26. The van der Waals surface area contributed by atoms with E-state index in [1.807, 2.05) is 47.3 Å². The van der Waals surface area contributed by atoms with E-state index in [2.05, 4.69) is 4.99 Å². The number of thiazole rings is 1. The van der Waals surface area contributed by atoms with Gasteiger partial charge in [-0.1, -0.05) is 36.4 Å². The Hall–Kier alpha value is -2.73.